The molecule has 0 fully saturated rings. The van der Waals surface area contributed by atoms with Crippen LogP contribution in [-0.4, -0.2) is 52.2 Å². The van der Waals surface area contributed by atoms with Crippen molar-refractivity contribution in [3.63, 3.8) is 0 Å². The zero-order valence-corrected chi connectivity index (χ0v) is 21.6. The number of nitrogens with one attached hydrogen (secondary N) is 1. The van der Waals surface area contributed by atoms with E-state index in [-0.39, 0.29) is 49.1 Å². The first kappa shape index (κ1) is 27.4. The van der Waals surface area contributed by atoms with E-state index < -0.39 is 5.97 Å². The first-order valence-corrected chi connectivity index (χ1v) is 11.9. The quantitative estimate of drug-likeness (QED) is 0.491. The fourth-order valence-corrected chi connectivity index (χ4v) is 3.39. The lowest BCUT2D eigenvalue weighted by atomic mass is 9.92. The first-order chi connectivity index (χ1) is 15.9. The van der Waals surface area contributed by atoms with Crippen molar-refractivity contribution in [2.45, 2.75) is 59.8 Å². The van der Waals surface area contributed by atoms with Crippen molar-refractivity contribution < 1.29 is 19.1 Å². The molecule has 8 nitrogen and oxygen atoms in total. The van der Waals surface area contributed by atoms with Crippen LogP contribution in [0, 0.1) is 5.92 Å². The molecule has 0 saturated heterocycles. The molecule has 0 spiro atoms. The topological polar surface area (TPSA) is 93.5 Å². The van der Waals surface area contributed by atoms with Gasteiger partial charge in [-0.1, -0.05) is 46.2 Å². The van der Waals surface area contributed by atoms with Gasteiger partial charge in [-0.25, -0.2) is 4.68 Å². The molecule has 2 rings (SSSR count). The van der Waals surface area contributed by atoms with Crippen LogP contribution in [0.15, 0.2) is 30.3 Å². The molecule has 1 aromatic heterocycles. The smallest absolute Gasteiger partial charge is 0.306 e. The van der Waals surface area contributed by atoms with Gasteiger partial charge < -0.3 is 15.0 Å². The second-order valence-corrected chi connectivity index (χ2v) is 10.0. The maximum atomic E-state index is 13.0. The average Bonchev–Trinajstić information content (AvgIpc) is 3.16. The molecule has 1 heterocycles. The second kappa shape index (κ2) is 12.0. The molecule has 2 aromatic rings. The molecule has 186 valence electrons. The summed E-state index contributed by atoms with van der Waals surface area (Å²) < 4.78 is 6.56. The molecule has 1 N–H and O–H groups in total. The van der Waals surface area contributed by atoms with E-state index in [0.29, 0.717) is 17.4 Å². The molecule has 0 radical (unpaired) electrons. The summed E-state index contributed by atoms with van der Waals surface area (Å²) in [6.07, 6.45) is -0.0170. The van der Waals surface area contributed by atoms with Crippen molar-refractivity contribution in [2.75, 3.05) is 25.0 Å². The van der Waals surface area contributed by atoms with Crippen LogP contribution in [0.2, 0.25) is 5.02 Å². The van der Waals surface area contributed by atoms with Gasteiger partial charge in [-0.15, -0.1) is 0 Å². The highest BCUT2D eigenvalue weighted by atomic mass is 35.5. The van der Waals surface area contributed by atoms with Gasteiger partial charge in [-0.05, 0) is 37.1 Å². The molecule has 9 heteroatoms. The Bertz CT molecular complexity index is 993. The number of rotatable bonds is 10. The van der Waals surface area contributed by atoms with Crippen LogP contribution < -0.4 is 5.32 Å². The number of nitrogens with zero attached hydrogens (tertiary/aromatic N) is 3. The van der Waals surface area contributed by atoms with E-state index in [1.54, 1.807) is 23.7 Å². The van der Waals surface area contributed by atoms with Crippen molar-refractivity contribution in [3.05, 3.63) is 41.0 Å². The summed E-state index contributed by atoms with van der Waals surface area (Å²) in [5.74, 6) is -0.377. The van der Waals surface area contributed by atoms with Gasteiger partial charge in [0.2, 0.25) is 11.8 Å². The fraction of sp³-hybridized carbons (Fsp3) is 0.520. The number of amides is 2. The zero-order valence-electron chi connectivity index (χ0n) is 20.9. The molecule has 0 bridgehead atoms. The molecule has 34 heavy (non-hydrogen) atoms. The lowest BCUT2D eigenvalue weighted by Crippen LogP contribution is -2.40. The number of carbonyl (C=O) groups excluding carboxylic acids is 3. The number of esters is 1. The summed E-state index contributed by atoms with van der Waals surface area (Å²) in [7, 11) is 0. The Balaban J connectivity index is 2.21. The van der Waals surface area contributed by atoms with Crippen LogP contribution in [0.5, 0.6) is 0 Å². The molecular formula is C25H35ClN4O4. The fourth-order valence-electron chi connectivity index (χ4n) is 3.27. The normalized spacial score (nSPS) is 11.4. The standard InChI is InChI=1S/C25H35ClN4O4/c1-7-34-24(33)13-12-23(32)29(15-17(2)3)16-22(31)27-21-14-20(25(4,5)6)28-30(21)19-10-8-18(26)9-11-19/h8-11,14,17H,7,12-13,15-16H2,1-6H3,(H,27,31). The summed E-state index contributed by atoms with van der Waals surface area (Å²) in [4.78, 5) is 38.8. The van der Waals surface area contributed by atoms with E-state index in [9.17, 15) is 14.4 Å². The second-order valence-electron chi connectivity index (χ2n) is 9.57. The Hall–Kier alpha value is -2.87. The van der Waals surface area contributed by atoms with Gasteiger partial charge in [0.15, 0.2) is 0 Å². The van der Waals surface area contributed by atoms with Gasteiger partial charge in [-0.2, -0.15) is 5.10 Å². The summed E-state index contributed by atoms with van der Waals surface area (Å²) in [5, 5.41) is 8.19. The van der Waals surface area contributed by atoms with E-state index in [1.165, 1.54) is 4.90 Å². The number of anilines is 1. The van der Waals surface area contributed by atoms with Crippen molar-refractivity contribution in [1.82, 2.24) is 14.7 Å². The highest BCUT2D eigenvalue weighted by Gasteiger charge is 2.24. The highest BCUT2D eigenvalue weighted by Crippen LogP contribution is 2.27. The van der Waals surface area contributed by atoms with Crippen molar-refractivity contribution in [3.8, 4) is 5.69 Å². The molecule has 0 aliphatic carbocycles. The van der Waals surface area contributed by atoms with E-state index in [1.807, 2.05) is 52.8 Å². The van der Waals surface area contributed by atoms with Crippen LogP contribution in [0.3, 0.4) is 0 Å². The molecule has 2 amide bonds. The molecule has 0 atom stereocenters. The predicted molar refractivity (Wildman–Crippen MR) is 133 cm³/mol. The molecule has 0 aliphatic heterocycles. The third-order valence-electron chi connectivity index (χ3n) is 4.94. The SMILES string of the molecule is CCOC(=O)CCC(=O)N(CC(=O)Nc1cc(C(C)(C)C)nn1-c1ccc(Cl)cc1)CC(C)C. The maximum Gasteiger partial charge on any atom is 0.306 e. The third kappa shape index (κ3) is 8.17. The summed E-state index contributed by atoms with van der Waals surface area (Å²) in [6, 6.07) is 8.99. The highest BCUT2D eigenvalue weighted by molar-refractivity contribution is 6.30. The van der Waals surface area contributed by atoms with Gasteiger partial charge >= 0.3 is 5.97 Å². The predicted octanol–water partition coefficient (Wildman–Crippen LogP) is 4.59. The van der Waals surface area contributed by atoms with Crippen molar-refractivity contribution in [1.29, 1.82) is 0 Å². The lowest BCUT2D eigenvalue weighted by molar-refractivity contribution is -0.146. The van der Waals surface area contributed by atoms with Crippen LogP contribution in [0.25, 0.3) is 5.69 Å². The number of carbonyl (C=O) groups is 3. The molecular weight excluding hydrogens is 456 g/mol. The van der Waals surface area contributed by atoms with Gasteiger partial charge in [-0.3, -0.25) is 14.4 Å². The summed E-state index contributed by atoms with van der Waals surface area (Å²) in [5.41, 5.74) is 1.33. The molecule has 1 aromatic carbocycles. The molecule has 0 saturated carbocycles. The maximum absolute atomic E-state index is 13.0. The summed E-state index contributed by atoms with van der Waals surface area (Å²) in [6.45, 7) is 12.3. The number of halogens is 1. The minimum Gasteiger partial charge on any atom is -0.466 e. The molecule has 0 unspecified atom stereocenters. The number of hydrogen-bond acceptors (Lipinski definition) is 5. The van der Waals surface area contributed by atoms with Crippen LogP contribution in [-0.2, 0) is 24.5 Å². The Labute approximate surface area is 206 Å². The Kier molecular flexibility index (Phi) is 9.67. The lowest BCUT2D eigenvalue weighted by Gasteiger charge is -2.24. The van der Waals surface area contributed by atoms with Crippen LogP contribution >= 0.6 is 11.6 Å². The van der Waals surface area contributed by atoms with Gasteiger partial charge in [0.1, 0.15) is 5.82 Å². The Morgan fingerprint density at radius 2 is 1.79 bits per heavy atom. The minimum absolute atomic E-state index is 0.00425. The van der Waals surface area contributed by atoms with Gasteiger partial charge in [0, 0.05) is 29.5 Å². The van der Waals surface area contributed by atoms with Gasteiger partial charge in [0.05, 0.1) is 31.0 Å². The monoisotopic (exact) mass is 490 g/mol. The number of benzene rings is 1. The van der Waals surface area contributed by atoms with Crippen molar-refractivity contribution in [2.24, 2.45) is 5.92 Å². The number of ether oxygens (including phenoxy) is 1. The number of hydrogen-bond donors (Lipinski definition) is 1. The average molecular weight is 491 g/mol. The van der Waals surface area contributed by atoms with Crippen molar-refractivity contribution >= 4 is 35.2 Å². The largest absolute Gasteiger partial charge is 0.466 e. The van der Waals surface area contributed by atoms with Gasteiger partial charge in [0.25, 0.3) is 0 Å². The van der Waals surface area contributed by atoms with E-state index >= 15 is 0 Å². The zero-order chi connectivity index (χ0) is 25.5. The van der Waals surface area contributed by atoms with E-state index in [0.717, 1.165) is 11.4 Å². The third-order valence-corrected chi connectivity index (χ3v) is 5.19. The summed E-state index contributed by atoms with van der Waals surface area (Å²) >= 11 is 6.03. The number of aromatic nitrogens is 2. The van der Waals surface area contributed by atoms with E-state index in [4.69, 9.17) is 21.4 Å². The first-order valence-electron chi connectivity index (χ1n) is 11.5. The minimum atomic E-state index is -0.425. The van der Waals surface area contributed by atoms with E-state index in [2.05, 4.69) is 5.32 Å². The Morgan fingerprint density at radius 1 is 1.15 bits per heavy atom. The van der Waals surface area contributed by atoms with Crippen LogP contribution in [0.1, 0.15) is 60.1 Å². The Morgan fingerprint density at radius 3 is 2.35 bits per heavy atom. The molecule has 0 aliphatic rings. The van der Waals surface area contributed by atoms with Crippen LogP contribution in [0.4, 0.5) is 5.82 Å².